The standard InChI is InChI=1S/C18H20N2O5S2/c1-25-12-4-2-3-11(7-12)8-15-17(23)20(18(24)27-15)6-5-16(22)19-13-9-26-10-14(13)21/h2-4,7-8,13-14,21H,5-6,9-10H2,1H3,(H,19,22)/b15-8-. The molecule has 0 saturated carbocycles. The summed E-state index contributed by atoms with van der Waals surface area (Å²) in [5, 5.41) is 12.1. The topological polar surface area (TPSA) is 95.9 Å². The zero-order valence-corrected chi connectivity index (χ0v) is 16.3. The lowest BCUT2D eigenvalue weighted by Crippen LogP contribution is -2.43. The van der Waals surface area contributed by atoms with Gasteiger partial charge in [-0.3, -0.25) is 19.3 Å². The van der Waals surface area contributed by atoms with E-state index in [-0.39, 0.29) is 24.9 Å². The number of hydrogen-bond acceptors (Lipinski definition) is 7. The molecule has 3 rings (SSSR count). The normalized spacial score (nSPS) is 23.9. The summed E-state index contributed by atoms with van der Waals surface area (Å²) in [6.45, 7) is 0.0158. The molecule has 2 heterocycles. The number of rotatable bonds is 6. The number of carbonyl (C=O) groups excluding carboxylic acids is 3. The molecule has 2 aliphatic rings. The minimum Gasteiger partial charge on any atom is -0.497 e. The number of carbonyl (C=O) groups is 3. The third-order valence-electron chi connectivity index (χ3n) is 4.22. The van der Waals surface area contributed by atoms with Crippen molar-refractivity contribution in [3.63, 3.8) is 0 Å². The molecule has 2 N–H and O–H groups in total. The first-order valence-corrected chi connectivity index (χ1v) is 10.4. The van der Waals surface area contributed by atoms with Gasteiger partial charge in [0.15, 0.2) is 0 Å². The fourth-order valence-electron chi connectivity index (χ4n) is 2.75. The van der Waals surface area contributed by atoms with Crippen LogP contribution in [0.5, 0.6) is 5.75 Å². The van der Waals surface area contributed by atoms with E-state index in [2.05, 4.69) is 5.32 Å². The second kappa shape index (κ2) is 8.81. The van der Waals surface area contributed by atoms with Crippen molar-refractivity contribution in [2.45, 2.75) is 18.6 Å². The van der Waals surface area contributed by atoms with Gasteiger partial charge in [0.25, 0.3) is 11.1 Å². The second-order valence-corrected chi connectivity index (χ2v) is 8.21. The molecule has 0 aromatic heterocycles. The van der Waals surface area contributed by atoms with Crippen molar-refractivity contribution in [3.05, 3.63) is 34.7 Å². The van der Waals surface area contributed by atoms with Crippen molar-refractivity contribution in [1.29, 1.82) is 0 Å². The summed E-state index contributed by atoms with van der Waals surface area (Å²) in [7, 11) is 1.56. The molecule has 27 heavy (non-hydrogen) atoms. The molecule has 7 nitrogen and oxygen atoms in total. The number of aliphatic hydroxyl groups is 1. The van der Waals surface area contributed by atoms with Gasteiger partial charge in [0, 0.05) is 24.5 Å². The molecule has 2 fully saturated rings. The van der Waals surface area contributed by atoms with Gasteiger partial charge >= 0.3 is 0 Å². The Labute approximate surface area is 165 Å². The largest absolute Gasteiger partial charge is 0.497 e. The number of nitrogens with zero attached hydrogens (tertiary/aromatic N) is 1. The Balaban J connectivity index is 1.58. The first kappa shape index (κ1) is 19.8. The lowest BCUT2D eigenvalue weighted by atomic mass is 10.2. The van der Waals surface area contributed by atoms with E-state index in [9.17, 15) is 19.5 Å². The molecular weight excluding hydrogens is 388 g/mol. The third-order valence-corrected chi connectivity index (χ3v) is 6.30. The smallest absolute Gasteiger partial charge is 0.293 e. The summed E-state index contributed by atoms with van der Waals surface area (Å²) in [5.41, 5.74) is 0.755. The fraction of sp³-hybridized carbons (Fsp3) is 0.389. The summed E-state index contributed by atoms with van der Waals surface area (Å²) in [5.74, 6) is 1.24. The van der Waals surface area contributed by atoms with Gasteiger partial charge in [0.1, 0.15) is 5.75 Å². The molecule has 2 unspecified atom stereocenters. The maximum atomic E-state index is 12.5. The SMILES string of the molecule is COc1cccc(/C=C2\SC(=O)N(CCC(=O)NC3CSCC3O)C2=O)c1. The van der Waals surface area contributed by atoms with Crippen molar-refractivity contribution in [2.75, 3.05) is 25.2 Å². The number of methoxy groups -OCH3 is 1. The highest BCUT2D eigenvalue weighted by Gasteiger charge is 2.35. The van der Waals surface area contributed by atoms with E-state index in [1.54, 1.807) is 43.1 Å². The van der Waals surface area contributed by atoms with Gasteiger partial charge < -0.3 is 15.2 Å². The van der Waals surface area contributed by atoms with E-state index >= 15 is 0 Å². The number of benzene rings is 1. The average molecular weight is 409 g/mol. The van der Waals surface area contributed by atoms with Crippen LogP contribution in [0.25, 0.3) is 6.08 Å². The zero-order valence-electron chi connectivity index (χ0n) is 14.7. The van der Waals surface area contributed by atoms with Crippen LogP contribution in [0.4, 0.5) is 4.79 Å². The Morgan fingerprint density at radius 3 is 2.93 bits per heavy atom. The zero-order chi connectivity index (χ0) is 19.4. The minimum absolute atomic E-state index is 0.0123. The van der Waals surface area contributed by atoms with Crippen molar-refractivity contribution in [3.8, 4) is 5.75 Å². The van der Waals surface area contributed by atoms with Gasteiger partial charge in [-0.05, 0) is 35.5 Å². The predicted molar refractivity (Wildman–Crippen MR) is 106 cm³/mol. The van der Waals surface area contributed by atoms with Crippen LogP contribution in [0.2, 0.25) is 0 Å². The van der Waals surface area contributed by atoms with Crippen LogP contribution in [0.1, 0.15) is 12.0 Å². The first-order valence-electron chi connectivity index (χ1n) is 8.42. The Bertz CT molecular complexity index is 783. The number of amides is 3. The molecular formula is C18H20N2O5S2. The Morgan fingerprint density at radius 2 is 2.22 bits per heavy atom. The molecule has 0 radical (unpaired) electrons. The fourth-order valence-corrected chi connectivity index (χ4v) is 4.78. The molecule has 2 atom stereocenters. The summed E-state index contributed by atoms with van der Waals surface area (Å²) >= 11 is 2.43. The van der Waals surface area contributed by atoms with E-state index in [1.807, 2.05) is 6.07 Å². The highest BCUT2D eigenvalue weighted by Crippen LogP contribution is 2.32. The molecule has 144 valence electrons. The van der Waals surface area contributed by atoms with Crippen molar-refractivity contribution in [2.24, 2.45) is 0 Å². The van der Waals surface area contributed by atoms with Gasteiger partial charge in [0.2, 0.25) is 5.91 Å². The van der Waals surface area contributed by atoms with Gasteiger partial charge in [-0.15, -0.1) is 0 Å². The van der Waals surface area contributed by atoms with Crippen LogP contribution in [0.15, 0.2) is 29.2 Å². The Hall–Kier alpha value is -1.97. The van der Waals surface area contributed by atoms with Crippen LogP contribution in [0.3, 0.4) is 0 Å². The van der Waals surface area contributed by atoms with Crippen LogP contribution in [-0.2, 0) is 9.59 Å². The summed E-state index contributed by atoms with van der Waals surface area (Å²) in [4.78, 5) is 38.1. The number of aliphatic hydroxyl groups excluding tert-OH is 1. The van der Waals surface area contributed by atoms with E-state index in [0.717, 1.165) is 22.2 Å². The predicted octanol–water partition coefficient (Wildman–Crippen LogP) is 1.71. The molecule has 1 aromatic carbocycles. The number of thioether (sulfide) groups is 2. The van der Waals surface area contributed by atoms with Gasteiger partial charge in [-0.2, -0.15) is 11.8 Å². The lowest BCUT2D eigenvalue weighted by Gasteiger charge is -2.17. The monoisotopic (exact) mass is 408 g/mol. The Morgan fingerprint density at radius 1 is 1.41 bits per heavy atom. The second-order valence-electron chi connectivity index (χ2n) is 6.14. The van der Waals surface area contributed by atoms with Crippen molar-refractivity contribution < 1.29 is 24.2 Å². The average Bonchev–Trinajstić information content (AvgIpc) is 3.16. The Kier molecular flexibility index (Phi) is 6.46. The molecule has 0 bridgehead atoms. The summed E-state index contributed by atoms with van der Waals surface area (Å²) < 4.78 is 5.15. The molecule has 0 aliphatic carbocycles. The van der Waals surface area contributed by atoms with Gasteiger partial charge in [-0.25, -0.2) is 0 Å². The van der Waals surface area contributed by atoms with E-state index in [4.69, 9.17) is 4.74 Å². The van der Waals surface area contributed by atoms with E-state index in [0.29, 0.717) is 22.2 Å². The van der Waals surface area contributed by atoms with Crippen molar-refractivity contribution in [1.82, 2.24) is 10.2 Å². The maximum absolute atomic E-state index is 12.5. The number of nitrogens with one attached hydrogen (secondary N) is 1. The molecule has 0 spiro atoms. The molecule has 3 amide bonds. The minimum atomic E-state index is -0.554. The number of hydrogen-bond donors (Lipinski definition) is 2. The van der Waals surface area contributed by atoms with Crippen LogP contribution in [0, 0.1) is 0 Å². The summed E-state index contributed by atoms with van der Waals surface area (Å²) in [6.07, 6.45) is 1.10. The maximum Gasteiger partial charge on any atom is 0.293 e. The van der Waals surface area contributed by atoms with Gasteiger partial charge in [-0.1, -0.05) is 12.1 Å². The van der Waals surface area contributed by atoms with Gasteiger partial charge in [0.05, 0.1) is 24.2 Å². The molecule has 2 saturated heterocycles. The highest BCUT2D eigenvalue weighted by molar-refractivity contribution is 8.18. The number of imide groups is 1. The molecule has 9 heteroatoms. The quantitative estimate of drug-likeness (QED) is 0.692. The van der Waals surface area contributed by atoms with E-state index < -0.39 is 17.3 Å². The number of ether oxygens (including phenoxy) is 1. The molecule has 2 aliphatic heterocycles. The summed E-state index contributed by atoms with van der Waals surface area (Å²) in [6, 6.07) is 6.91. The van der Waals surface area contributed by atoms with Crippen LogP contribution >= 0.6 is 23.5 Å². The van der Waals surface area contributed by atoms with E-state index in [1.165, 1.54) is 0 Å². The van der Waals surface area contributed by atoms with Crippen LogP contribution < -0.4 is 10.1 Å². The van der Waals surface area contributed by atoms with Crippen LogP contribution in [-0.4, -0.2) is 64.4 Å². The lowest BCUT2D eigenvalue weighted by molar-refractivity contribution is -0.124. The highest BCUT2D eigenvalue weighted by atomic mass is 32.2. The van der Waals surface area contributed by atoms with Crippen molar-refractivity contribution >= 4 is 46.7 Å². The molecule has 1 aromatic rings. The third kappa shape index (κ3) is 4.85. The first-order chi connectivity index (χ1) is 13.0.